The van der Waals surface area contributed by atoms with Crippen molar-refractivity contribution in [3.63, 3.8) is 0 Å². The largest absolute Gasteiger partial charge is 0.466 e. The number of rotatable bonds is 3. The zero-order valence-electron chi connectivity index (χ0n) is 11.8. The normalized spacial score (nSPS) is 24.3. The summed E-state index contributed by atoms with van der Waals surface area (Å²) in [7, 11) is 0. The SMILES string of the molecule is Cc1cc(C(C)NC2/C=C/CCCCC2)c(C)o1. The topological polar surface area (TPSA) is 25.2 Å². The maximum Gasteiger partial charge on any atom is 0.105 e. The predicted octanol–water partition coefficient (Wildman–Crippen LogP) is 4.44. The Hall–Kier alpha value is -1.02. The molecule has 1 aliphatic carbocycles. The highest BCUT2D eigenvalue weighted by molar-refractivity contribution is 5.23. The molecule has 2 nitrogen and oxygen atoms in total. The molecule has 1 aliphatic rings. The fourth-order valence-corrected chi connectivity index (χ4v) is 2.79. The van der Waals surface area contributed by atoms with E-state index in [-0.39, 0.29) is 0 Å². The van der Waals surface area contributed by atoms with Crippen molar-refractivity contribution in [2.45, 2.75) is 65.0 Å². The first-order chi connectivity index (χ1) is 8.66. The van der Waals surface area contributed by atoms with Crippen LogP contribution in [0.25, 0.3) is 0 Å². The third kappa shape index (κ3) is 3.49. The Bertz CT molecular complexity index is 405. The summed E-state index contributed by atoms with van der Waals surface area (Å²) in [6.45, 7) is 6.29. The maximum absolute atomic E-state index is 5.61. The van der Waals surface area contributed by atoms with Crippen LogP contribution in [-0.2, 0) is 0 Å². The van der Waals surface area contributed by atoms with E-state index in [1.165, 1.54) is 37.7 Å². The van der Waals surface area contributed by atoms with E-state index in [2.05, 4.69) is 37.4 Å². The van der Waals surface area contributed by atoms with Crippen LogP contribution in [0.2, 0.25) is 0 Å². The molecule has 1 N–H and O–H groups in total. The summed E-state index contributed by atoms with van der Waals surface area (Å²) in [5, 5.41) is 3.71. The Morgan fingerprint density at radius 1 is 1.28 bits per heavy atom. The zero-order chi connectivity index (χ0) is 13.0. The molecule has 0 radical (unpaired) electrons. The highest BCUT2D eigenvalue weighted by Crippen LogP contribution is 2.23. The Morgan fingerprint density at radius 2 is 2.11 bits per heavy atom. The summed E-state index contributed by atoms with van der Waals surface area (Å²) >= 11 is 0. The quantitative estimate of drug-likeness (QED) is 0.799. The van der Waals surface area contributed by atoms with Crippen LogP contribution in [0.4, 0.5) is 0 Å². The molecule has 0 aliphatic heterocycles. The molecule has 2 atom stereocenters. The lowest BCUT2D eigenvalue weighted by Crippen LogP contribution is -2.30. The van der Waals surface area contributed by atoms with Crippen molar-refractivity contribution in [1.82, 2.24) is 5.32 Å². The van der Waals surface area contributed by atoms with Crippen LogP contribution in [0.15, 0.2) is 22.6 Å². The van der Waals surface area contributed by atoms with Crippen molar-refractivity contribution >= 4 is 0 Å². The van der Waals surface area contributed by atoms with Gasteiger partial charge in [-0.25, -0.2) is 0 Å². The second-order valence-corrected chi connectivity index (χ2v) is 5.43. The number of hydrogen-bond acceptors (Lipinski definition) is 2. The average Bonchev–Trinajstić information content (AvgIpc) is 2.61. The zero-order valence-corrected chi connectivity index (χ0v) is 11.8. The van der Waals surface area contributed by atoms with E-state index in [1.807, 2.05) is 6.92 Å². The fourth-order valence-electron chi connectivity index (χ4n) is 2.79. The highest BCUT2D eigenvalue weighted by atomic mass is 16.3. The standard InChI is InChI=1S/C16H25NO/c1-12-11-16(14(3)18-12)13(2)17-15-9-7-5-4-6-8-10-15/h7,9,11,13,15,17H,4-6,8,10H2,1-3H3/b9-7+. The fraction of sp³-hybridized carbons (Fsp3) is 0.625. The molecule has 0 amide bonds. The lowest BCUT2D eigenvalue weighted by Gasteiger charge is -2.21. The predicted molar refractivity (Wildman–Crippen MR) is 75.7 cm³/mol. The minimum atomic E-state index is 0.358. The van der Waals surface area contributed by atoms with Gasteiger partial charge in [0.05, 0.1) is 0 Å². The summed E-state index contributed by atoms with van der Waals surface area (Å²) in [5.41, 5.74) is 1.29. The number of hydrogen-bond donors (Lipinski definition) is 1. The van der Waals surface area contributed by atoms with Gasteiger partial charge in [-0.2, -0.15) is 0 Å². The molecule has 0 saturated carbocycles. The molecule has 0 fully saturated rings. The first-order valence-electron chi connectivity index (χ1n) is 7.16. The first-order valence-corrected chi connectivity index (χ1v) is 7.16. The number of nitrogens with one attached hydrogen (secondary N) is 1. The van der Waals surface area contributed by atoms with Crippen LogP contribution in [0, 0.1) is 13.8 Å². The van der Waals surface area contributed by atoms with Crippen molar-refractivity contribution in [3.05, 3.63) is 35.3 Å². The van der Waals surface area contributed by atoms with Crippen LogP contribution in [0.1, 0.15) is 62.2 Å². The molecule has 0 aromatic carbocycles. The maximum atomic E-state index is 5.61. The van der Waals surface area contributed by atoms with Gasteiger partial charge in [-0.05, 0) is 46.1 Å². The monoisotopic (exact) mass is 247 g/mol. The molecule has 0 spiro atoms. The molecule has 0 bridgehead atoms. The van der Waals surface area contributed by atoms with Gasteiger partial charge in [0.2, 0.25) is 0 Å². The van der Waals surface area contributed by atoms with Gasteiger partial charge >= 0.3 is 0 Å². The van der Waals surface area contributed by atoms with Gasteiger partial charge in [0.1, 0.15) is 11.5 Å². The van der Waals surface area contributed by atoms with Crippen molar-refractivity contribution in [2.24, 2.45) is 0 Å². The Kier molecular flexibility index (Phi) is 4.65. The van der Waals surface area contributed by atoms with Gasteiger partial charge in [0, 0.05) is 17.6 Å². The molecule has 2 unspecified atom stereocenters. The van der Waals surface area contributed by atoms with E-state index in [0.717, 1.165) is 11.5 Å². The third-order valence-corrected chi connectivity index (χ3v) is 3.76. The van der Waals surface area contributed by atoms with Crippen LogP contribution in [-0.4, -0.2) is 6.04 Å². The van der Waals surface area contributed by atoms with E-state index in [9.17, 15) is 0 Å². The molecule has 1 aromatic heterocycles. The molecule has 2 heteroatoms. The Morgan fingerprint density at radius 3 is 2.83 bits per heavy atom. The molecule has 1 heterocycles. The van der Waals surface area contributed by atoms with Crippen LogP contribution < -0.4 is 5.32 Å². The molecule has 2 rings (SSSR count). The highest BCUT2D eigenvalue weighted by Gasteiger charge is 2.16. The van der Waals surface area contributed by atoms with E-state index in [1.54, 1.807) is 0 Å². The number of aryl methyl sites for hydroxylation is 2. The van der Waals surface area contributed by atoms with Gasteiger partial charge in [0.25, 0.3) is 0 Å². The Labute approximate surface area is 110 Å². The molecule has 1 aromatic rings. The summed E-state index contributed by atoms with van der Waals surface area (Å²) in [6.07, 6.45) is 11.2. The van der Waals surface area contributed by atoms with Gasteiger partial charge in [-0.3, -0.25) is 0 Å². The molecular weight excluding hydrogens is 222 g/mol. The van der Waals surface area contributed by atoms with E-state index >= 15 is 0 Å². The summed E-state index contributed by atoms with van der Waals surface area (Å²) in [6, 6.07) is 3.02. The van der Waals surface area contributed by atoms with Gasteiger partial charge < -0.3 is 9.73 Å². The lowest BCUT2D eigenvalue weighted by atomic mass is 10.0. The third-order valence-electron chi connectivity index (χ3n) is 3.76. The van der Waals surface area contributed by atoms with Crippen LogP contribution >= 0.6 is 0 Å². The van der Waals surface area contributed by atoms with Crippen molar-refractivity contribution in [3.8, 4) is 0 Å². The molecular formula is C16H25NO. The summed E-state index contributed by atoms with van der Waals surface area (Å²) in [4.78, 5) is 0. The van der Waals surface area contributed by atoms with E-state index in [4.69, 9.17) is 4.42 Å². The minimum absolute atomic E-state index is 0.358. The number of furan rings is 1. The van der Waals surface area contributed by atoms with Crippen molar-refractivity contribution in [1.29, 1.82) is 0 Å². The lowest BCUT2D eigenvalue weighted by molar-refractivity contribution is 0.450. The van der Waals surface area contributed by atoms with E-state index in [0.29, 0.717) is 12.1 Å². The summed E-state index contributed by atoms with van der Waals surface area (Å²) in [5.74, 6) is 2.05. The average molecular weight is 247 g/mol. The van der Waals surface area contributed by atoms with Gasteiger partial charge in [0.15, 0.2) is 0 Å². The minimum Gasteiger partial charge on any atom is -0.466 e. The molecule has 18 heavy (non-hydrogen) atoms. The molecule has 0 saturated heterocycles. The number of allylic oxidation sites excluding steroid dienone is 1. The van der Waals surface area contributed by atoms with Crippen LogP contribution in [0.5, 0.6) is 0 Å². The smallest absolute Gasteiger partial charge is 0.105 e. The van der Waals surface area contributed by atoms with E-state index < -0.39 is 0 Å². The second-order valence-electron chi connectivity index (χ2n) is 5.43. The Balaban J connectivity index is 1.99. The first kappa shape index (κ1) is 13.4. The summed E-state index contributed by atoms with van der Waals surface area (Å²) < 4.78 is 5.61. The van der Waals surface area contributed by atoms with Gasteiger partial charge in [-0.15, -0.1) is 0 Å². The van der Waals surface area contributed by atoms with Crippen molar-refractivity contribution in [2.75, 3.05) is 0 Å². The second kappa shape index (κ2) is 6.24. The van der Waals surface area contributed by atoms with Crippen molar-refractivity contribution < 1.29 is 4.42 Å². The molecule has 100 valence electrons. The van der Waals surface area contributed by atoms with Gasteiger partial charge in [-0.1, -0.05) is 25.0 Å². The van der Waals surface area contributed by atoms with Crippen LogP contribution in [0.3, 0.4) is 0 Å².